The predicted octanol–water partition coefficient (Wildman–Crippen LogP) is 3.59. The molecule has 0 amide bonds. The third-order valence-electron chi connectivity index (χ3n) is 3.98. The van der Waals surface area contributed by atoms with Crippen LogP contribution in [0.3, 0.4) is 0 Å². The Morgan fingerprint density at radius 2 is 1.69 bits per heavy atom. The van der Waals surface area contributed by atoms with E-state index in [9.17, 15) is 8.42 Å². The number of nitrogens with one attached hydrogen (secondary N) is 1. The highest BCUT2D eigenvalue weighted by atomic mass is 127. The Bertz CT molecular complexity index is 888. The van der Waals surface area contributed by atoms with Crippen LogP contribution in [-0.2, 0) is 22.1 Å². The number of nitrogens with zero attached hydrogens (tertiary/aromatic N) is 2. The Morgan fingerprint density at radius 3 is 2.24 bits per heavy atom. The third kappa shape index (κ3) is 9.68. The normalized spacial score (nSPS) is 11.5. The Kier molecular flexibility index (Phi) is 10.8. The predicted molar refractivity (Wildman–Crippen MR) is 130 cm³/mol. The minimum atomic E-state index is -3.02. The molecule has 0 aliphatic heterocycles. The Balaban J connectivity index is 0.00000420. The standard InChI is InChI=1S/C20H26ClN3O3S.HI/c1-22-20(24(2)12-13-27-19-10-8-18(21)9-11-19)23-14-16-4-6-17(7-5-16)15-28(3,25)26;/h4-11H,12-15H2,1-3H3,(H,22,23);1H. The van der Waals surface area contributed by atoms with Crippen LogP contribution in [0.1, 0.15) is 11.1 Å². The van der Waals surface area contributed by atoms with Gasteiger partial charge in [-0.2, -0.15) is 0 Å². The van der Waals surface area contributed by atoms with Gasteiger partial charge in [-0.3, -0.25) is 4.99 Å². The summed E-state index contributed by atoms with van der Waals surface area (Å²) in [6.45, 7) is 1.77. The van der Waals surface area contributed by atoms with E-state index in [1.807, 2.05) is 48.3 Å². The number of hydrogen-bond donors (Lipinski definition) is 1. The molecule has 0 aliphatic carbocycles. The molecule has 1 N–H and O–H groups in total. The topological polar surface area (TPSA) is 71.0 Å². The number of benzene rings is 2. The van der Waals surface area contributed by atoms with Gasteiger partial charge in [0.25, 0.3) is 0 Å². The molecule has 0 bridgehead atoms. The second kappa shape index (κ2) is 12.2. The number of aliphatic imine (C=N–C) groups is 1. The molecule has 0 radical (unpaired) electrons. The van der Waals surface area contributed by atoms with Crippen LogP contribution < -0.4 is 10.1 Å². The van der Waals surface area contributed by atoms with E-state index in [0.717, 1.165) is 22.8 Å². The van der Waals surface area contributed by atoms with Gasteiger partial charge in [0.1, 0.15) is 12.4 Å². The summed E-state index contributed by atoms with van der Waals surface area (Å²) >= 11 is 5.86. The zero-order chi connectivity index (χ0) is 20.6. The van der Waals surface area contributed by atoms with E-state index in [1.165, 1.54) is 6.26 Å². The second-order valence-electron chi connectivity index (χ2n) is 6.51. The number of halogens is 2. The summed E-state index contributed by atoms with van der Waals surface area (Å²) in [6.07, 6.45) is 1.24. The van der Waals surface area contributed by atoms with Gasteiger partial charge in [-0.25, -0.2) is 8.42 Å². The molecule has 0 saturated carbocycles. The molecule has 0 heterocycles. The van der Waals surface area contributed by atoms with Crippen LogP contribution in [0.15, 0.2) is 53.5 Å². The molecule has 0 atom stereocenters. The molecule has 0 aromatic heterocycles. The van der Waals surface area contributed by atoms with Gasteiger partial charge in [0, 0.05) is 31.9 Å². The number of hydrogen-bond acceptors (Lipinski definition) is 4. The van der Waals surface area contributed by atoms with Crippen molar-refractivity contribution >= 4 is 51.4 Å². The molecule has 2 aromatic rings. The summed E-state index contributed by atoms with van der Waals surface area (Å²) in [5, 5.41) is 3.97. The summed E-state index contributed by atoms with van der Waals surface area (Å²) < 4.78 is 28.4. The maximum atomic E-state index is 11.4. The van der Waals surface area contributed by atoms with Gasteiger partial charge in [-0.15, -0.1) is 24.0 Å². The largest absolute Gasteiger partial charge is 0.492 e. The van der Waals surface area contributed by atoms with E-state index in [-0.39, 0.29) is 29.7 Å². The lowest BCUT2D eigenvalue weighted by Gasteiger charge is -2.22. The number of guanidine groups is 1. The van der Waals surface area contributed by atoms with Crippen molar-refractivity contribution < 1.29 is 13.2 Å². The van der Waals surface area contributed by atoms with Crippen molar-refractivity contribution in [3.8, 4) is 5.75 Å². The van der Waals surface area contributed by atoms with Crippen molar-refractivity contribution in [2.24, 2.45) is 4.99 Å². The van der Waals surface area contributed by atoms with Gasteiger partial charge in [-0.1, -0.05) is 35.9 Å². The molecule has 160 valence electrons. The van der Waals surface area contributed by atoms with Crippen molar-refractivity contribution in [2.45, 2.75) is 12.3 Å². The first-order valence-electron chi connectivity index (χ1n) is 8.82. The van der Waals surface area contributed by atoms with Crippen LogP contribution in [0.4, 0.5) is 0 Å². The molecule has 6 nitrogen and oxygen atoms in total. The van der Waals surface area contributed by atoms with Crippen molar-refractivity contribution in [2.75, 3.05) is 33.5 Å². The average Bonchev–Trinajstić information content (AvgIpc) is 2.64. The zero-order valence-corrected chi connectivity index (χ0v) is 20.7. The highest BCUT2D eigenvalue weighted by Gasteiger charge is 2.07. The van der Waals surface area contributed by atoms with E-state index in [2.05, 4.69) is 10.3 Å². The molecule has 0 saturated heterocycles. The maximum Gasteiger partial charge on any atom is 0.193 e. The summed E-state index contributed by atoms with van der Waals surface area (Å²) in [5.41, 5.74) is 1.83. The molecule has 9 heteroatoms. The van der Waals surface area contributed by atoms with E-state index in [0.29, 0.717) is 24.7 Å². The molecular weight excluding hydrogens is 525 g/mol. The summed E-state index contributed by atoms with van der Waals surface area (Å²) in [7, 11) is 0.649. The number of ether oxygens (including phenoxy) is 1. The molecule has 0 unspecified atom stereocenters. The lowest BCUT2D eigenvalue weighted by molar-refractivity contribution is 0.281. The first-order valence-corrected chi connectivity index (χ1v) is 11.3. The van der Waals surface area contributed by atoms with Crippen LogP contribution in [0, 0.1) is 0 Å². The molecule has 0 aliphatic rings. The lowest BCUT2D eigenvalue weighted by Crippen LogP contribution is -2.40. The van der Waals surface area contributed by atoms with Gasteiger partial charge in [0.15, 0.2) is 15.8 Å². The minimum Gasteiger partial charge on any atom is -0.492 e. The first-order chi connectivity index (χ1) is 13.3. The number of likely N-dealkylation sites (N-methyl/N-ethyl adjacent to an activating group) is 1. The second-order valence-corrected chi connectivity index (χ2v) is 9.09. The van der Waals surface area contributed by atoms with E-state index >= 15 is 0 Å². The number of rotatable bonds is 8. The van der Waals surface area contributed by atoms with Crippen molar-refractivity contribution in [3.05, 3.63) is 64.7 Å². The van der Waals surface area contributed by atoms with Crippen molar-refractivity contribution in [1.29, 1.82) is 0 Å². The smallest absolute Gasteiger partial charge is 0.193 e. The van der Waals surface area contributed by atoms with Gasteiger partial charge in [0.05, 0.1) is 12.3 Å². The lowest BCUT2D eigenvalue weighted by atomic mass is 10.1. The molecule has 0 fully saturated rings. The summed E-state index contributed by atoms with van der Waals surface area (Å²) in [4.78, 5) is 6.27. The Hall–Kier alpha value is -1.52. The van der Waals surface area contributed by atoms with Gasteiger partial charge in [-0.05, 0) is 35.4 Å². The van der Waals surface area contributed by atoms with E-state index in [4.69, 9.17) is 16.3 Å². The van der Waals surface area contributed by atoms with E-state index < -0.39 is 9.84 Å². The summed E-state index contributed by atoms with van der Waals surface area (Å²) in [6, 6.07) is 14.8. The van der Waals surface area contributed by atoms with Gasteiger partial charge >= 0.3 is 0 Å². The molecular formula is C20H27ClIN3O3S. The highest BCUT2D eigenvalue weighted by molar-refractivity contribution is 14.0. The minimum absolute atomic E-state index is 0. The molecule has 2 aromatic carbocycles. The monoisotopic (exact) mass is 551 g/mol. The van der Waals surface area contributed by atoms with Crippen LogP contribution in [0.2, 0.25) is 5.02 Å². The SMILES string of the molecule is CN=C(NCc1ccc(CS(C)(=O)=O)cc1)N(C)CCOc1ccc(Cl)cc1.I. The fourth-order valence-electron chi connectivity index (χ4n) is 2.56. The Morgan fingerprint density at radius 1 is 1.10 bits per heavy atom. The van der Waals surface area contributed by atoms with Gasteiger partial charge in [0.2, 0.25) is 0 Å². The number of sulfone groups is 1. The maximum absolute atomic E-state index is 11.4. The van der Waals surface area contributed by atoms with Crippen molar-refractivity contribution in [3.63, 3.8) is 0 Å². The van der Waals surface area contributed by atoms with Crippen LogP contribution >= 0.6 is 35.6 Å². The Labute approximate surface area is 195 Å². The zero-order valence-electron chi connectivity index (χ0n) is 16.8. The third-order valence-corrected chi connectivity index (χ3v) is 5.09. The van der Waals surface area contributed by atoms with Gasteiger partial charge < -0.3 is 15.0 Å². The average molecular weight is 552 g/mol. The first kappa shape index (κ1) is 25.5. The van der Waals surface area contributed by atoms with E-state index in [1.54, 1.807) is 19.2 Å². The highest BCUT2D eigenvalue weighted by Crippen LogP contribution is 2.15. The fourth-order valence-corrected chi connectivity index (χ4v) is 3.48. The molecule has 0 spiro atoms. The molecule has 29 heavy (non-hydrogen) atoms. The van der Waals surface area contributed by atoms with Crippen LogP contribution in [0.25, 0.3) is 0 Å². The van der Waals surface area contributed by atoms with Crippen molar-refractivity contribution in [1.82, 2.24) is 10.2 Å². The quantitative estimate of drug-likeness (QED) is 0.309. The van der Waals surface area contributed by atoms with Crippen LogP contribution in [-0.4, -0.2) is 52.8 Å². The van der Waals surface area contributed by atoms with Crippen LogP contribution in [0.5, 0.6) is 5.75 Å². The fraction of sp³-hybridized carbons (Fsp3) is 0.350. The summed E-state index contributed by atoms with van der Waals surface area (Å²) in [5.74, 6) is 1.58. The molecule has 2 rings (SSSR count).